The molecular weight excluding hydrogens is 306 g/mol. The van der Waals surface area contributed by atoms with Gasteiger partial charge < -0.3 is 14.8 Å². The molecule has 1 aliphatic carbocycles. The van der Waals surface area contributed by atoms with Crippen molar-refractivity contribution in [2.24, 2.45) is 5.92 Å². The van der Waals surface area contributed by atoms with Crippen LogP contribution in [0.3, 0.4) is 0 Å². The summed E-state index contributed by atoms with van der Waals surface area (Å²) in [7, 11) is 0. The number of carboxylic acids is 1. The highest BCUT2D eigenvalue weighted by Crippen LogP contribution is 2.29. The molecule has 2 N–H and O–H groups in total. The maximum Gasteiger partial charge on any atom is 0.308 e. The first-order valence-corrected chi connectivity index (χ1v) is 8.51. The van der Waals surface area contributed by atoms with Crippen LogP contribution in [0.1, 0.15) is 53.8 Å². The summed E-state index contributed by atoms with van der Waals surface area (Å²) < 4.78 is 5.80. The number of rotatable bonds is 3. The molecule has 1 heterocycles. The van der Waals surface area contributed by atoms with Gasteiger partial charge in [-0.1, -0.05) is 37.5 Å². The van der Waals surface area contributed by atoms with Crippen LogP contribution in [-0.2, 0) is 4.79 Å². The summed E-state index contributed by atoms with van der Waals surface area (Å²) in [4.78, 5) is 24.2. The number of hydrogen-bond acceptors (Lipinski definition) is 3. The third-order valence-electron chi connectivity index (χ3n) is 5.02. The number of carbonyl (C=O) groups is 2. The Morgan fingerprint density at radius 2 is 1.92 bits per heavy atom. The van der Waals surface area contributed by atoms with Crippen LogP contribution in [0.15, 0.2) is 22.6 Å². The lowest BCUT2D eigenvalue weighted by atomic mass is 9.94. The Morgan fingerprint density at radius 1 is 1.17 bits per heavy atom. The number of carbonyl (C=O) groups excluding carboxylic acids is 1. The zero-order chi connectivity index (χ0) is 17.3. The van der Waals surface area contributed by atoms with Gasteiger partial charge in [-0.05, 0) is 32.3 Å². The zero-order valence-electron chi connectivity index (χ0n) is 14.1. The van der Waals surface area contributed by atoms with E-state index in [2.05, 4.69) is 5.32 Å². The Kier molecular flexibility index (Phi) is 4.60. The number of fused-ring (bicyclic) bond motifs is 1. The largest absolute Gasteiger partial charge is 0.481 e. The molecule has 1 saturated carbocycles. The summed E-state index contributed by atoms with van der Waals surface area (Å²) in [5, 5.41) is 13.3. The van der Waals surface area contributed by atoms with Crippen molar-refractivity contribution in [1.29, 1.82) is 0 Å². The maximum atomic E-state index is 12.7. The summed E-state index contributed by atoms with van der Waals surface area (Å²) in [6.07, 6.45) is 4.15. The smallest absolute Gasteiger partial charge is 0.308 e. The van der Waals surface area contributed by atoms with Gasteiger partial charge in [0.1, 0.15) is 5.58 Å². The minimum absolute atomic E-state index is 0.285. The maximum absolute atomic E-state index is 12.7. The molecule has 1 aliphatic rings. The fraction of sp³-hybridized carbons (Fsp3) is 0.474. The zero-order valence-corrected chi connectivity index (χ0v) is 14.1. The van der Waals surface area contributed by atoms with Gasteiger partial charge in [0.05, 0.1) is 5.92 Å². The summed E-state index contributed by atoms with van der Waals surface area (Å²) in [6.45, 7) is 3.81. The standard InChI is InChI=1S/C19H23NO4/c1-11-7-6-9-13-12(2)17(24-16(11)13)18(21)20-15-10-5-3-4-8-14(15)19(22)23/h6-7,9,14-15H,3-5,8,10H2,1-2H3,(H,20,21)(H,22,23)/t14-,15+/m1/s1. The second-order valence-electron chi connectivity index (χ2n) is 6.67. The van der Waals surface area contributed by atoms with Crippen LogP contribution in [0.5, 0.6) is 0 Å². The van der Waals surface area contributed by atoms with Gasteiger partial charge in [-0.15, -0.1) is 0 Å². The lowest BCUT2D eigenvalue weighted by molar-refractivity contribution is -0.142. The van der Waals surface area contributed by atoms with Gasteiger partial charge in [-0.25, -0.2) is 0 Å². The van der Waals surface area contributed by atoms with E-state index in [4.69, 9.17) is 4.42 Å². The van der Waals surface area contributed by atoms with Gasteiger partial charge in [-0.2, -0.15) is 0 Å². The first kappa shape index (κ1) is 16.6. The minimum atomic E-state index is -0.834. The summed E-state index contributed by atoms with van der Waals surface area (Å²) in [6, 6.07) is 5.47. The highest BCUT2D eigenvalue weighted by molar-refractivity contribution is 5.99. The number of para-hydroxylation sites is 1. The quantitative estimate of drug-likeness (QED) is 0.839. The van der Waals surface area contributed by atoms with E-state index >= 15 is 0 Å². The van der Waals surface area contributed by atoms with E-state index in [1.807, 2.05) is 32.0 Å². The molecule has 0 aliphatic heterocycles. The number of hydrogen-bond donors (Lipinski definition) is 2. The third-order valence-corrected chi connectivity index (χ3v) is 5.02. The predicted octanol–water partition coefficient (Wildman–Crippen LogP) is 3.81. The molecule has 0 bridgehead atoms. The van der Waals surface area contributed by atoms with Crippen molar-refractivity contribution >= 4 is 22.8 Å². The monoisotopic (exact) mass is 329 g/mol. The number of nitrogens with one attached hydrogen (secondary N) is 1. The molecule has 24 heavy (non-hydrogen) atoms. The fourth-order valence-corrected chi connectivity index (χ4v) is 3.61. The van der Waals surface area contributed by atoms with Crippen molar-refractivity contribution in [2.45, 2.75) is 52.0 Å². The van der Waals surface area contributed by atoms with E-state index in [-0.39, 0.29) is 17.7 Å². The summed E-state index contributed by atoms with van der Waals surface area (Å²) in [5.74, 6) is -1.39. The Morgan fingerprint density at radius 3 is 2.62 bits per heavy atom. The van der Waals surface area contributed by atoms with Crippen LogP contribution in [-0.4, -0.2) is 23.0 Å². The van der Waals surface area contributed by atoms with E-state index in [0.717, 1.165) is 41.4 Å². The Labute approximate surface area is 141 Å². The molecular formula is C19H23NO4. The third kappa shape index (κ3) is 3.03. The van der Waals surface area contributed by atoms with Crippen molar-refractivity contribution in [2.75, 3.05) is 0 Å². The number of carboxylic acid groups (broad SMARTS) is 1. The average molecular weight is 329 g/mol. The minimum Gasteiger partial charge on any atom is -0.481 e. The fourth-order valence-electron chi connectivity index (χ4n) is 3.61. The SMILES string of the molecule is Cc1c(C(=O)N[C@H]2CCCCC[C@H]2C(=O)O)oc2c(C)cccc12. The highest BCUT2D eigenvalue weighted by Gasteiger charge is 2.32. The number of aliphatic carboxylic acids is 1. The lowest BCUT2D eigenvalue weighted by Gasteiger charge is -2.22. The van der Waals surface area contributed by atoms with E-state index < -0.39 is 11.9 Å². The molecule has 3 rings (SSSR count). The normalized spacial score (nSPS) is 21.4. The lowest BCUT2D eigenvalue weighted by Crippen LogP contribution is -2.42. The molecule has 2 aromatic rings. The average Bonchev–Trinajstić information content (AvgIpc) is 2.73. The molecule has 0 unspecified atom stereocenters. The van der Waals surface area contributed by atoms with Crippen molar-refractivity contribution in [3.8, 4) is 0 Å². The van der Waals surface area contributed by atoms with Gasteiger partial charge in [0.25, 0.3) is 5.91 Å². The van der Waals surface area contributed by atoms with Gasteiger partial charge in [0.2, 0.25) is 0 Å². The Bertz CT molecular complexity index is 777. The first-order valence-electron chi connectivity index (χ1n) is 8.51. The number of amides is 1. The van der Waals surface area contributed by atoms with E-state index in [1.165, 1.54) is 0 Å². The molecule has 1 amide bonds. The van der Waals surface area contributed by atoms with Crippen LogP contribution in [0.4, 0.5) is 0 Å². The Balaban J connectivity index is 1.87. The molecule has 0 saturated heterocycles. The molecule has 5 nitrogen and oxygen atoms in total. The van der Waals surface area contributed by atoms with Crippen LogP contribution >= 0.6 is 0 Å². The topological polar surface area (TPSA) is 79.5 Å². The predicted molar refractivity (Wildman–Crippen MR) is 91.2 cm³/mol. The number of furan rings is 1. The van der Waals surface area contributed by atoms with Crippen LogP contribution in [0.25, 0.3) is 11.0 Å². The Hall–Kier alpha value is -2.30. The van der Waals surface area contributed by atoms with E-state index in [9.17, 15) is 14.7 Å². The van der Waals surface area contributed by atoms with E-state index in [1.54, 1.807) is 0 Å². The molecule has 128 valence electrons. The van der Waals surface area contributed by atoms with Crippen molar-refractivity contribution < 1.29 is 19.1 Å². The second-order valence-corrected chi connectivity index (χ2v) is 6.67. The van der Waals surface area contributed by atoms with Gasteiger partial charge in [0, 0.05) is 17.0 Å². The van der Waals surface area contributed by atoms with Gasteiger partial charge >= 0.3 is 5.97 Å². The van der Waals surface area contributed by atoms with Crippen LogP contribution < -0.4 is 5.32 Å². The molecule has 0 spiro atoms. The van der Waals surface area contributed by atoms with Crippen molar-refractivity contribution in [3.63, 3.8) is 0 Å². The molecule has 1 aromatic heterocycles. The summed E-state index contributed by atoms with van der Waals surface area (Å²) >= 11 is 0. The molecule has 0 radical (unpaired) electrons. The second kappa shape index (κ2) is 6.67. The van der Waals surface area contributed by atoms with Crippen LogP contribution in [0, 0.1) is 19.8 Å². The molecule has 5 heteroatoms. The van der Waals surface area contributed by atoms with Crippen molar-refractivity contribution in [3.05, 3.63) is 35.1 Å². The molecule has 2 atom stereocenters. The summed E-state index contributed by atoms with van der Waals surface area (Å²) in [5.41, 5.74) is 2.50. The van der Waals surface area contributed by atoms with E-state index in [0.29, 0.717) is 12.8 Å². The van der Waals surface area contributed by atoms with Gasteiger partial charge in [-0.3, -0.25) is 9.59 Å². The molecule has 1 aromatic carbocycles. The number of aryl methyl sites for hydroxylation is 2. The van der Waals surface area contributed by atoms with Gasteiger partial charge in [0.15, 0.2) is 5.76 Å². The highest BCUT2D eigenvalue weighted by atomic mass is 16.4. The first-order chi connectivity index (χ1) is 11.5. The molecule has 1 fully saturated rings. The van der Waals surface area contributed by atoms with Crippen molar-refractivity contribution in [1.82, 2.24) is 5.32 Å². The van der Waals surface area contributed by atoms with Crippen LogP contribution in [0.2, 0.25) is 0 Å². The number of benzene rings is 1.